The van der Waals surface area contributed by atoms with Crippen molar-refractivity contribution in [3.05, 3.63) is 93.5 Å². The lowest BCUT2D eigenvalue weighted by molar-refractivity contribution is 0.0762. The molecule has 0 aliphatic rings. The fourth-order valence-corrected chi connectivity index (χ4v) is 4.36. The molecule has 0 unspecified atom stereocenters. The number of halogens is 1. The first kappa shape index (κ1) is 24.6. The Bertz CT molecular complexity index is 1290. The van der Waals surface area contributed by atoms with E-state index in [2.05, 4.69) is 15.9 Å². The number of aliphatic hydroxyl groups excluding tert-OH is 1. The Labute approximate surface area is 200 Å². The number of aryl methyl sites for hydroxylation is 1. The molecule has 3 aromatic rings. The van der Waals surface area contributed by atoms with Crippen LogP contribution in [0.25, 0.3) is 0 Å². The van der Waals surface area contributed by atoms with Crippen LogP contribution in [0.15, 0.2) is 76.1 Å². The Morgan fingerprint density at radius 2 is 1.70 bits per heavy atom. The van der Waals surface area contributed by atoms with Crippen molar-refractivity contribution in [3.63, 3.8) is 0 Å². The Morgan fingerprint density at radius 1 is 1.00 bits per heavy atom. The van der Waals surface area contributed by atoms with Crippen LogP contribution in [-0.4, -0.2) is 50.3 Å². The van der Waals surface area contributed by atoms with E-state index in [0.717, 1.165) is 5.56 Å². The molecule has 0 bridgehead atoms. The molecule has 0 aliphatic heterocycles. The van der Waals surface area contributed by atoms with Crippen LogP contribution in [0.1, 0.15) is 31.8 Å². The van der Waals surface area contributed by atoms with E-state index >= 15 is 0 Å². The van der Waals surface area contributed by atoms with E-state index < -0.39 is 21.8 Å². The molecule has 0 aliphatic carbocycles. The molecule has 0 fully saturated rings. The first-order chi connectivity index (χ1) is 15.6. The molecular weight excluding hydrogens is 510 g/mol. The number of nitrogens with zero attached hydrogens (tertiary/aromatic N) is 1. The lowest BCUT2D eigenvalue weighted by atomic mass is 9.97. The van der Waals surface area contributed by atoms with E-state index in [1.807, 2.05) is 6.92 Å². The summed E-state index contributed by atoms with van der Waals surface area (Å²) in [6, 6.07) is 16.7. The lowest BCUT2D eigenvalue weighted by Crippen LogP contribution is -2.30. The molecule has 1 amide bonds. The van der Waals surface area contributed by atoms with E-state index in [1.54, 1.807) is 18.2 Å². The highest BCUT2D eigenvalue weighted by Crippen LogP contribution is 2.25. The summed E-state index contributed by atoms with van der Waals surface area (Å²) in [4.78, 5) is 27.4. The van der Waals surface area contributed by atoms with E-state index in [9.17, 15) is 18.0 Å². The minimum absolute atomic E-state index is 0.00228. The number of ketones is 1. The summed E-state index contributed by atoms with van der Waals surface area (Å²) in [7, 11) is -2.56. The minimum atomic E-state index is -4.08. The Morgan fingerprint density at radius 3 is 2.36 bits per heavy atom. The van der Waals surface area contributed by atoms with Crippen molar-refractivity contribution in [3.8, 4) is 5.75 Å². The summed E-state index contributed by atoms with van der Waals surface area (Å²) in [5.41, 5.74) is 1.37. The lowest BCUT2D eigenvalue weighted by Gasteiger charge is -2.18. The molecule has 3 aromatic carbocycles. The molecule has 9 heteroatoms. The van der Waals surface area contributed by atoms with E-state index in [4.69, 9.17) is 9.29 Å². The summed E-state index contributed by atoms with van der Waals surface area (Å²) >= 11 is 3.31. The number of aliphatic hydroxyl groups is 1. The second-order valence-electron chi connectivity index (χ2n) is 7.35. The van der Waals surface area contributed by atoms with Gasteiger partial charge >= 0.3 is 10.1 Å². The quantitative estimate of drug-likeness (QED) is 0.350. The monoisotopic (exact) mass is 531 g/mol. The normalized spacial score (nSPS) is 11.2. The summed E-state index contributed by atoms with van der Waals surface area (Å²) in [6.45, 7) is 1.74. The van der Waals surface area contributed by atoms with Gasteiger partial charge in [-0.1, -0.05) is 45.8 Å². The molecule has 7 nitrogen and oxygen atoms in total. The van der Waals surface area contributed by atoms with Gasteiger partial charge in [-0.25, -0.2) is 0 Å². The molecule has 0 spiro atoms. The average Bonchev–Trinajstić information content (AvgIpc) is 2.78. The van der Waals surface area contributed by atoms with Gasteiger partial charge in [0.1, 0.15) is 10.6 Å². The number of carbonyl (C=O) groups is 2. The molecule has 0 aromatic heterocycles. The number of rotatable bonds is 8. The van der Waals surface area contributed by atoms with Crippen molar-refractivity contribution in [1.82, 2.24) is 4.90 Å². The zero-order valence-corrected chi connectivity index (χ0v) is 20.4. The largest absolute Gasteiger partial charge is 0.395 e. The van der Waals surface area contributed by atoms with E-state index in [-0.39, 0.29) is 40.5 Å². The molecule has 1 N–H and O–H groups in total. The molecular formula is C24H22BrNO6S. The molecule has 0 heterocycles. The van der Waals surface area contributed by atoms with Crippen LogP contribution in [0.3, 0.4) is 0 Å². The number of amides is 1. The molecule has 33 heavy (non-hydrogen) atoms. The van der Waals surface area contributed by atoms with Crippen LogP contribution in [-0.2, 0) is 10.1 Å². The van der Waals surface area contributed by atoms with Gasteiger partial charge in [0.2, 0.25) is 0 Å². The maximum Gasteiger partial charge on any atom is 0.339 e. The van der Waals surface area contributed by atoms with Gasteiger partial charge in [-0.15, -0.1) is 0 Å². The van der Waals surface area contributed by atoms with Crippen LogP contribution in [0.4, 0.5) is 0 Å². The zero-order chi connectivity index (χ0) is 24.2. The van der Waals surface area contributed by atoms with Gasteiger partial charge in [0.05, 0.1) is 12.2 Å². The van der Waals surface area contributed by atoms with Crippen LogP contribution < -0.4 is 4.18 Å². The maximum absolute atomic E-state index is 13.2. The van der Waals surface area contributed by atoms with Crippen LogP contribution >= 0.6 is 15.9 Å². The third kappa shape index (κ3) is 5.87. The van der Waals surface area contributed by atoms with Crippen molar-refractivity contribution in [2.24, 2.45) is 0 Å². The summed E-state index contributed by atoms with van der Waals surface area (Å²) in [5.74, 6) is -0.923. The van der Waals surface area contributed by atoms with E-state index in [0.29, 0.717) is 4.47 Å². The van der Waals surface area contributed by atoms with Crippen molar-refractivity contribution in [2.45, 2.75) is 11.8 Å². The fraction of sp³-hybridized carbons (Fsp3) is 0.167. The fourth-order valence-electron chi connectivity index (χ4n) is 3.07. The number of hydrogen-bond acceptors (Lipinski definition) is 6. The van der Waals surface area contributed by atoms with Gasteiger partial charge in [-0.05, 0) is 49.4 Å². The predicted molar refractivity (Wildman–Crippen MR) is 127 cm³/mol. The Balaban J connectivity index is 1.93. The number of carbonyl (C=O) groups excluding carboxylic acids is 2. The highest BCUT2D eigenvalue weighted by Gasteiger charge is 2.23. The van der Waals surface area contributed by atoms with Gasteiger partial charge in [-0.3, -0.25) is 9.59 Å². The SMILES string of the molecule is Cc1ccc(S(=O)(=O)Oc2cccc(C(=O)c3ccc(Br)cc3C(=O)N(C)CCO)c2)cc1. The molecule has 3 rings (SSSR count). The van der Waals surface area contributed by atoms with E-state index in [1.165, 1.54) is 60.5 Å². The second kappa shape index (κ2) is 10.3. The standard InChI is InChI=1S/C24H22BrNO6S/c1-16-6-9-20(10-7-16)33(30,31)32-19-5-3-4-17(14-19)23(28)21-11-8-18(25)15-22(21)24(29)26(2)12-13-27/h3-11,14-15,27H,12-13H2,1-2H3. The van der Waals surface area contributed by atoms with Crippen molar-refractivity contribution in [2.75, 3.05) is 20.2 Å². The maximum atomic E-state index is 13.2. The van der Waals surface area contributed by atoms with Crippen LogP contribution in [0.5, 0.6) is 5.75 Å². The van der Waals surface area contributed by atoms with Crippen molar-refractivity contribution in [1.29, 1.82) is 0 Å². The first-order valence-electron chi connectivity index (χ1n) is 9.94. The zero-order valence-electron chi connectivity index (χ0n) is 18.0. The van der Waals surface area contributed by atoms with Gasteiger partial charge in [0.25, 0.3) is 5.91 Å². The Hall–Kier alpha value is -3.01. The molecule has 0 saturated carbocycles. The van der Waals surface area contributed by atoms with Crippen LogP contribution in [0.2, 0.25) is 0 Å². The molecule has 0 radical (unpaired) electrons. The predicted octanol–water partition coefficient (Wildman–Crippen LogP) is 3.82. The topological polar surface area (TPSA) is 101 Å². The summed E-state index contributed by atoms with van der Waals surface area (Å²) in [5, 5.41) is 9.13. The minimum Gasteiger partial charge on any atom is -0.395 e. The molecule has 0 atom stereocenters. The molecule has 0 saturated heterocycles. The van der Waals surface area contributed by atoms with Crippen molar-refractivity contribution >= 4 is 37.7 Å². The molecule has 172 valence electrons. The van der Waals surface area contributed by atoms with Gasteiger partial charge in [0, 0.05) is 29.2 Å². The van der Waals surface area contributed by atoms with Gasteiger partial charge in [-0.2, -0.15) is 8.42 Å². The van der Waals surface area contributed by atoms with Crippen LogP contribution in [0, 0.1) is 6.92 Å². The highest BCUT2D eigenvalue weighted by molar-refractivity contribution is 9.10. The highest BCUT2D eigenvalue weighted by atomic mass is 79.9. The third-order valence-corrected chi connectivity index (χ3v) is 6.61. The third-order valence-electron chi connectivity index (χ3n) is 4.85. The summed E-state index contributed by atoms with van der Waals surface area (Å²) < 4.78 is 31.0. The van der Waals surface area contributed by atoms with Gasteiger partial charge < -0.3 is 14.2 Å². The summed E-state index contributed by atoms with van der Waals surface area (Å²) in [6.07, 6.45) is 0. The average molecular weight is 532 g/mol. The number of hydrogen-bond donors (Lipinski definition) is 1. The first-order valence-corrected chi connectivity index (χ1v) is 12.1. The number of benzene rings is 3. The Kier molecular flexibility index (Phi) is 7.68. The van der Waals surface area contributed by atoms with Crippen molar-refractivity contribution < 1.29 is 27.3 Å². The smallest absolute Gasteiger partial charge is 0.339 e. The van der Waals surface area contributed by atoms with Gasteiger partial charge in [0.15, 0.2) is 5.78 Å². The number of likely N-dealkylation sites (N-methyl/N-ethyl adjacent to an activating group) is 1. The second-order valence-corrected chi connectivity index (χ2v) is 9.81.